The van der Waals surface area contributed by atoms with Crippen LogP contribution in [0.15, 0.2) is 23.6 Å². The molecule has 0 bridgehead atoms. The fourth-order valence-electron chi connectivity index (χ4n) is 3.59. The highest BCUT2D eigenvalue weighted by Gasteiger charge is 2.39. The summed E-state index contributed by atoms with van der Waals surface area (Å²) in [4.78, 5) is 29.3. The first-order valence-corrected chi connectivity index (χ1v) is 10.0. The smallest absolute Gasteiger partial charge is 0.410 e. The van der Waals surface area contributed by atoms with Crippen LogP contribution >= 0.6 is 11.3 Å². The van der Waals surface area contributed by atoms with Gasteiger partial charge >= 0.3 is 6.09 Å². The first-order chi connectivity index (χ1) is 12.2. The van der Waals surface area contributed by atoms with E-state index in [2.05, 4.69) is 6.92 Å². The van der Waals surface area contributed by atoms with Gasteiger partial charge in [-0.2, -0.15) is 0 Å². The molecule has 6 heteroatoms. The van der Waals surface area contributed by atoms with Crippen molar-refractivity contribution in [2.24, 2.45) is 0 Å². The summed E-state index contributed by atoms with van der Waals surface area (Å²) in [6.07, 6.45) is 8.25. The first-order valence-electron chi connectivity index (χ1n) is 9.14. The normalized spacial score (nSPS) is 22.0. The van der Waals surface area contributed by atoms with E-state index in [0.717, 1.165) is 37.0 Å². The van der Waals surface area contributed by atoms with E-state index in [-0.39, 0.29) is 24.1 Å². The van der Waals surface area contributed by atoms with E-state index >= 15 is 0 Å². The third-order valence-corrected chi connectivity index (χ3v) is 5.83. The number of hydrogen-bond donors (Lipinski definition) is 0. The maximum absolute atomic E-state index is 12.3. The lowest BCUT2D eigenvalue weighted by Crippen LogP contribution is -2.49. The van der Waals surface area contributed by atoms with Crippen LogP contribution in [0, 0.1) is 0 Å². The van der Waals surface area contributed by atoms with Gasteiger partial charge in [0.2, 0.25) is 5.91 Å². The third-order valence-electron chi connectivity index (χ3n) is 5.00. The standard InChI is InChI=1S/C19H26N2O3S/c1-2-3-5-16-14-24-19(23)21(16)15-9-11-20(12-10-15)18(22)8-7-17-6-4-13-25-17/h4,6-8,13,15-16H,2-3,5,9-12,14H2,1H3. The second-order valence-electron chi connectivity index (χ2n) is 6.69. The number of cyclic esters (lactones) is 1. The average Bonchev–Trinajstić information content (AvgIpc) is 3.27. The number of carbonyl (C=O) groups is 2. The zero-order valence-electron chi connectivity index (χ0n) is 14.7. The summed E-state index contributed by atoms with van der Waals surface area (Å²) in [6.45, 7) is 4.07. The van der Waals surface area contributed by atoms with Crippen molar-refractivity contribution < 1.29 is 14.3 Å². The lowest BCUT2D eigenvalue weighted by molar-refractivity contribution is -0.127. The van der Waals surface area contributed by atoms with Crippen LogP contribution in [0.25, 0.3) is 6.08 Å². The number of ether oxygens (including phenoxy) is 1. The second kappa shape index (κ2) is 8.52. The molecule has 2 fully saturated rings. The van der Waals surface area contributed by atoms with Gasteiger partial charge in [-0.05, 0) is 36.8 Å². The summed E-state index contributed by atoms with van der Waals surface area (Å²) >= 11 is 1.62. The number of hydrogen-bond acceptors (Lipinski definition) is 4. The van der Waals surface area contributed by atoms with Gasteiger partial charge in [0.25, 0.3) is 0 Å². The van der Waals surface area contributed by atoms with Gasteiger partial charge in [-0.3, -0.25) is 9.69 Å². The van der Waals surface area contributed by atoms with Gasteiger partial charge in [0, 0.05) is 30.1 Å². The minimum absolute atomic E-state index is 0.0541. The molecule has 2 aliphatic heterocycles. The van der Waals surface area contributed by atoms with Gasteiger partial charge in [0.1, 0.15) is 6.61 Å². The van der Waals surface area contributed by atoms with Crippen molar-refractivity contribution in [1.82, 2.24) is 9.80 Å². The number of piperidine rings is 1. The predicted octanol–water partition coefficient (Wildman–Crippen LogP) is 3.76. The predicted molar refractivity (Wildman–Crippen MR) is 99.5 cm³/mol. The molecule has 1 unspecified atom stereocenters. The molecule has 0 aliphatic carbocycles. The van der Waals surface area contributed by atoms with Crippen molar-refractivity contribution in [3.05, 3.63) is 28.5 Å². The Kier molecular flexibility index (Phi) is 6.13. The molecule has 136 valence electrons. The van der Waals surface area contributed by atoms with Crippen molar-refractivity contribution in [3.8, 4) is 0 Å². The molecular weight excluding hydrogens is 336 g/mol. The van der Waals surface area contributed by atoms with Crippen LogP contribution in [0.1, 0.15) is 43.9 Å². The van der Waals surface area contributed by atoms with Gasteiger partial charge in [0.15, 0.2) is 0 Å². The molecule has 25 heavy (non-hydrogen) atoms. The van der Waals surface area contributed by atoms with Crippen molar-refractivity contribution in [2.45, 2.75) is 51.1 Å². The zero-order valence-corrected chi connectivity index (χ0v) is 15.5. The van der Waals surface area contributed by atoms with Gasteiger partial charge in [0.05, 0.1) is 6.04 Å². The second-order valence-corrected chi connectivity index (χ2v) is 7.66. The number of unbranched alkanes of at least 4 members (excludes halogenated alkanes) is 1. The molecule has 3 rings (SSSR count). The van der Waals surface area contributed by atoms with Crippen LogP contribution in [-0.4, -0.2) is 53.6 Å². The van der Waals surface area contributed by atoms with E-state index in [1.807, 2.05) is 33.4 Å². The van der Waals surface area contributed by atoms with Crippen molar-refractivity contribution >= 4 is 29.4 Å². The number of carbonyl (C=O) groups excluding carboxylic acids is 2. The Morgan fingerprint density at radius 2 is 2.20 bits per heavy atom. The van der Waals surface area contributed by atoms with Crippen LogP contribution in [0.3, 0.4) is 0 Å². The Bertz CT molecular complexity index is 606. The highest BCUT2D eigenvalue weighted by Crippen LogP contribution is 2.26. The molecule has 2 saturated heterocycles. The minimum Gasteiger partial charge on any atom is -0.447 e. The van der Waals surface area contributed by atoms with E-state index in [1.54, 1.807) is 17.4 Å². The molecule has 3 heterocycles. The Labute approximate surface area is 153 Å². The van der Waals surface area contributed by atoms with Crippen LogP contribution < -0.4 is 0 Å². The van der Waals surface area contributed by atoms with Crippen molar-refractivity contribution in [2.75, 3.05) is 19.7 Å². The Morgan fingerprint density at radius 1 is 1.40 bits per heavy atom. The number of amides is 2. The summed E-state index contributed by atoms with van der Waals surface area (Å²) in [5.74, 6) is 0.0541. The quantitative estimate of drug-likeness (QED) is 0.724. The van der Waals surface area contributed by atoms with Crippen LogP contribution in [0.4, 0.5) is 4.79 Å². The molecule has 5 nitrogen and oxygen atoms in total. The van der Waals surface area contributed by atoms with Crippen LogP contribution in [0.2, 0.25) is 0 Å². The molecule has 2 aliphatic rings. The van der Waals surface area contributed by atoms with E-state index in [9.17, 15) is 9.59 Å². The lowest BCUT2D eigenvalue weighted by Gasteiger charge is -2.37. The first kappa shape index (κ1) is 18.0. The summed E-state index contributed by atoms with van der Waals surface area (Å²) in [7, 11) is 0. The lowest BCUT2D eigenvalue weighted by atomic mass is 10.00. The van der Waals surface area contributed by atoms with Crippen LogP contribution in [0.5, 0.6) is 0 Å². The van der Waals surface area contributed by atoms with Crippen molar-refractivity contribution in [3.63, 3.8) is 0 Å². The van der Waals surface area contributed by atoms with Crippen LogP contribution in [-0.2, 0) is 9.53 Å². The molecule has 1 aromatic heterocycles. The van der Waals surface area contributed by atoms with Gasteiger partial charge < -0.3 is 9.64 Å². The van der Waals surface area contributed by atoms with Crippen molar-refractivity contribution in [1.29, 1.82) is 0 Å². The molecule has 0 radical (unpaired) electrons. The number of rotatable bonds is 6. The molecule has 0 saturated carbocycles. The Balaban J connectivity index is 1.52. The summed E-state index contributed by atoms with van der Waals surface area (Å²) in [6, 6.07) is 4.38. The summed E-state index contributed by atoms with van der Waals surface area (Å²) < 4.78 is 5.28. The maximum atomic E-state index is 12.3. The van der Waals surface area contributed by atoms with E-state index in [4.69, 9.17) is 4.74 Å². The average molecular weight is 362 g/mol. The molecular formula is C19H26N2O3S. The monoisotopic (exact) mass is 362 g/mol. The fourth-order valence-corrected chi connectivity index (χ4v) is 4.21. The third kappa shape index (κ3) is 4.42. The molecule has 2 amide bonds. The van der Waals surface area contributed by atoms with E-state index in [0.29, 0.717) is 19.7 Å². The zero-order chi connectivity index (χ0) is 17.6. The van der Waals surface area contributed by atoms with Gasteiger partial charge in [-0.15, -0.1) is 11.3 Å². The Morgan fingerprint density at radius 3 is 2.88 bits per heavy atom. The topological polar surface area (TPSA) is 49.9 Å². The number of likely N-dealkylation sites (tertiary alicyclic amines) is 1. The molecule has 1 aromatic rings. The highest BCUT2D eigenvalue weighted by atomic mass is 32.1. The van der Waals surface area contributed by atoms with Gasteiger partial charge in [-0.1, -0.05) is 25.8 Å². The molecule has 1 atom stereocenters. The fraction of sp³-hybridized carbons (Fsp3) is 0.579. The SMILES string of the molecule is CCCCC1COC(=O)N1C1CCN(C(=O)C=Cc2cccs2)CC1. The summed E-state index contributed by atoms with van der Waals surface area (Å²) in [5, 5.41) is 2.00. The largest absolute Gasteiger partial charge is 0.447 e. The maximum Gasteiger partial charge on any atom is 0.410 e. The number of thiophene rings is 1. The Hall–Kier alpha value is -1.82. The van der Waals surface area contributed by atoms with E-state index in [1.165, 1.54) is 0 Å². The van der Waals surface area contributed by atoms with E-state index < -0.39 is 0 Å². The minimum atomic E-state index is -0.177. The molecule has 0 spiro atoms. The molecule has 0 aromatic carbocycles. The summed E-state index contributed by atoms with van der Waals surface area (Å²) in [5.41, 5.74) is 0. The molecule has 0 N–H and O–H groups in total. The highest BCUT2D eigenvalue weighted by molar-refractivity contribution is 7.10. The number of nitrogens with zero attached hydrogens (tertiary/aromatic N) is 2. The van der Waals surface area contributed by atoms with Gasteiger partial charge in [-0.25, -0.2) is 4.79 Å².